The molecular weight excluding hydrogens is 344 g/mol. The number of rotatable bonds is 6. The summed E-state index contributed by atoms with van der Waals surface area (Å²) < 4.78 is 8.81. The summed E-state index contributed by atoms with van der Waals surface area (Å²) in [6.07, 6.45) is 0.986. The van der Waals surface area contributed by atoms with Gasteiger partial charge in [0.15, 0.2) is 11.4 Å². The quantitative estimate of drug-likeness (QED) is 0.630. The number of thiazole rings is 1. The van der Waals surface area contributed by atoms with Gasteiger partial charge in [0.2, 0.25) is 0 Å². The number of aryl methyl sites for hydroxylation is 1. The minimum absolute atomic E-state index is 0.0539. The standard InChI is InChI=1S/C21H24N2O2S/c1-4-12-23-18-11-10-16(15(2)3)13-19(18)26-21(23)22-20(24)14-25-17-8-6-5-7-9-17/h5-11,13,15H,4,12,14H2,1-3H3. The largest absolute Gasteiger partial charge is 0.484 e. The number of ether oxygens (including phenoxy) is 1. The fraction of sp³-hybridized carbons (Fsp3) is 0.333. The average Bonchev–Trinajstić information content (AvgIpc) is 2.97. The monoisotopic (exact) mass is 368 g/mol. The van der Waals surface area contributed by atoms with Gasteiger partial charge in [0.05, 0.1) is 10.2 Å². The van der Waals surface area contributed by atoms with E-state index >= 15 is 0 Å². The van der Waals surface area contributed by atoms with Crippen LogP contribution in [0.4, 0.5) is 0 Å². The van der Waals surface area contributed by atoms with Crippen LogP contribution in [0.2, 0.25) is 0 Å². The van der Waals surface area contributed by atoms with Crippen molar-refractivity contribution in [3.8, 4) is 5.75 Å². The van der Waals surface area contributed by atoms with Gasteiger partial charge in [-0.05, 0) is 42.2 Å². The number of aromatic nitrogens is 1. The second-order valence-electron chi connectivity index (χ2n) is 6.53. The van der Waals surface area contributed by atoms with Crippen LogP contribution in [-0.2, 0) is 11.3 Å². The maximum absolute atomic E-state index is 12.3. The first-order valence-electron chi connectivity index (χ1n) is 8.97. The molecule has 0 fully saturated rings. The second-order valence-corrected chi connectivity index (χ2v) is 7.53. The number of hydrogen-bond acceptors (Lipinski definition) is 3. The molecule has 0 aliphatic carbocycles. The normalized spacial score (nSPS) is 12.1. The highest BCUT2D eigenvalue weighted by Crippen LogP contribution is 2.23. The molecule has 0 spiro atoms. The molecule has 0 bridgehead atoms. The summed E-state index contributed by atoms with van der Waals surface area (Å²) in [6, 6.07) is 15.8. The van der Waals surface area contributed by atoms with Crippen LogP contribution < -0.4 is 9.54 Å². The lowest BCUT2D eigenvalue weighted by atomic mass is 10.0. The van der Waals surface area contributed by atoms with Gasteiger partial charge in [0.1, 0.15) is 5.75 Å². The van der Waals surface area contributed by atoms with Crippen molar-refractivity contribution in [2.45, 2.75) is 39.7 Å². The van der Waals surface area contributed by atoms with Crippen molar-refractivity contribution in [1.82, 2.24) is 4.57 Å². The minimum Gasteiger partial charge on any atom is -0.484 e. The van der Waals surface area contributed by atoms with E-state index in [-0.39, 0.29) is 12.5 Å². The van der Waals surface area contributed by atoms with Crippen LogP contribution in [0.1, 0.15) is 38.7 Å². The molecule has 5 heteroatoms. The molecule has 0 atom stereocenters. The summed E-state index contributed by atoms with van der Waals surface area (Å²) in [6.45, 7) is 7.28. The highest BCUT2D eigenvalue weighted by Gasteiger charge is 2.10. The highest BCUT2D eigenvalue weighted by atomic mass is 32.1. The Labute approximate surface area is 157 Å². The summed E-state index contributed by atoms with van der Waals surface area (Å²) in [5.41, 5.74) is 2.43. The van der Waals surface area contributed by atoms with Crippen molar-refractivity contribution in [2.24, 2.45) is 4.99 Å². The molecule has 4 nitrogen and oxygen atoms in total. The summed E-state index contributed by atoms with van der Waals surface area (Å²) in [4.78, 5) is 17.4. The Balaban J connectivity index is 1.90. The molecule has 0 radical (unpaired) electrons. The number of amides is 1. The van der Waals surface area contributed by atoms with Gasteiger partial charge in [-0.3, -0.25) is 4.79 Å². The van der Waals surface area contributed by atoms with Crippen molar-refractivity contribution in [1.29, 1.82) is 0 Å². The van der Waals surface area contributed by atoms with E-state index < -0.39 is 0 Å². The van der Waals surface area contributed by atoms with Crippen molar-refractivity contribution in [3.63, 3.8) is 0 Å². The third kappa shape index (κ3) is 4.22. The maximum atomic E-state index is 12.3. The number of fused-ring (bicyclic) bond motifs is 1. The first kappa shape index (κ1) is 18.4. The number of carbonyl (C=O) groups is 1. The topological polar surface area (TPSA) is 43.6 Å². The Kier molecular flexibility index (Phi) is 5.89. The zero-order valence-electron chi connectivity index (χ0n) is 15.4. The predicted octanol–water partition coefficient (Wildman–Crippen LogP) is 4.74. The molecule has 0 unspecified atom stereocenters. The smallest absolute Gasteiger partial charge is 0.286 e. The Morgan fingerprint density at radius 2 is 1.96 bits per heavy atom. The van der Waals surface area contributed by atoms with Gasteiger partial charge >= 0.3 is 0 Å². The molecule has 3 rings (SSSR count). The minimum atomic E-state index is -0.269. The molecule has 1 amide bonds. The van der Waals surface area contributed by atoms with Crippen LogP contribution in [-0.4, -0.2) is 17.1 Å². The van der Waals surface area contributed by atoms with Gasteiger partial charge < -0.3 is 9.30 Å². The molecule has 2 aromatic carbocycles. The van der Waals surface area contributed by atoms with Crippen molar-refractivity contribution < 1.29 is 9.53 Å². The Morgan fingerprint density at radius 3 is 2.65 bits per heavy atom. The van der Waals surface area contributed by atoms with Crippen molar-refractivity contribution in [2.75, 3.05) is 6.61 Å². The first-order chi connectivity index (χ1) is 12.6. The van der Waals surface area contributed by atoms with E-state index in [0.717, 1.165) is 23.3 Å². The van der Waals surface area contributed by atoms with Crippen LogP contribution in [0.5, 0.6) is 5.75 Å². The summed E-state index contributed by atoms with van der Waals surface area (Å²) in [5.74, 6) is 0.882. The lowest BCUT2D eigenvalue weighted by Crippen LogP contribution is -2.19. The molecule has 0 aliphatic heterocycles. The summed E-state index contributed by atoms with van der Waals surface area (Å²) in [5, 5.41) is 0. The number of hydrogen-bond donors (Lipinski definition) is 0. The Hall–Kier alpha value is -2.40. The van der Waals surface area contributed by atoms with E-state index in [0.29, 0.717) is 11.7 Å². The molecule has 1 heterocycles. The molecule has 26 heavy (non-hydrogen) atoms. The Morgan fingerprint density at radius 1 is 1.19 bits per heavy atom. The van der Waals surface area contributed by atoms with Gasteiger partial charge in [0.25, 0.3) is 5.91 Å². The molecule has 3 aromatic rings. The van der Waals surface area contributed by atoms with Crippen LogP contribution in [0.3, 0.4) is 0 Å². The van der Waals surface area contributed by atoms with E-state index in [1.165, 1.54) is 10.3 Å². The van der Waals surface area contributed by atoms with E-state index in [1.54, 1.807) is 11.3 Å². The second kappa shape index (κ2) is 8.32. The molecule has 0 aliphatic rings. The zero-order valence-corrected chi connectivity index (χ0v) is 16.3. The number of nitrogens with zero attached hydrogens (tertiary/aromatic N) is 2. The van der Waals surface area contributed by atoms with Gasteiger partial charge in [-0.2, -0.15) is 4.99 Å². The summed E-state index contributed by atoms with van der Waals surface area (Å²) >= 11 is 1.57. The molecular formula is C21H24N2O2S. The molecule has 0 N–H and O–H groups in total. The van der Waals surface area contributed by atoms with E-state index in [2.05, 4.69) is 48.5 Å². The fourth-order valence-corrected chi connectivity index (χ4v) is 3.90. The average molecular weight is 369 g/mol. The Bertz CT molecular complexity index is 955. The predicted molar refractivity (Wildman–Crippen MR) is 107 cm³/mol. The molecule has 0 saturated heterocycles. The van der Waals surface area contributed by atoms with Crippen LogP contribution >= 0.6 is 11.3 Å². The molecule has 1 aromatic heterocycles. The van der Waals surface area contributed by atoms with Crippen LogP contribution in [0.25, 0.3) is 10.2 Å². The third-order valence-corrected chi connectivity index (χ3v) is 5.19. The van der Waals surface area contributed by atoms with E-state index in [4.69, 9.17) is 4.74 Å². The van der Waals surface area contributed by atoms with Gasteiger partial charge in [-0.15, -0.1) is 0 Å². The van der Waals surface area contributed by atoms with Crippen molar-refractivity contribution >= 4 is 27.5 Å². The van der Waals surface area contributed by atoms with Crippen molar-refractivity contribution in [3.05, 3.63) is 58.9 Å². The molecule has 136 valence electrons. The van der Waals surface area contributed by atoms with Crippen LogP contribution in [0, 0.1) is 0 Å². The SMILES string of the molecule is CCCn1c(=NC(=O)COc2ccccc2)sc2cc(C(C)C)ccc21. The van der Waals surface area contributed by atoms with Gasteiger partial charge in [0, 0.05) is 6.54 Å². The number of benzene rings is 2. The third-order valence-electron chi connectivity index (χ3n) is 4.15. The fourth-order valence-electron chi connectivity index (χ4n) is 2.77. The van der Waals surface area contributed by atoms with E-state index in [1.807, 2.05) is 30.3 Å². The maximum Gasteiger partial charge on any atom is 0.286 e. The zero-order chi connectivity index (χ0) is 18.5. The van der Waals surface area contributed by atoms with Crippen LogP contribution in [0.15, 0.2) is 53.5 Å². The van der Waals surface area contributed by atoms with Gasteiger partial charge in [-0.1, -0.05) is 56.4 Å². The van der Waals surface area contributed by atoms with Gasteiger partial charge in [-0.25, -0.2) is 0 Å². The lowest BCUT2D eigenvalue weighted by molar-refractivity contribution is -0.120. The number of para-hydroxylation sites is 1. The van der Waals surface area contributed by atoms with E-state index in [9.17, 15) is 4.79 Å². The molecule has 0 saturated carbocycles. The summed E-state index contributed by atoms with van der Waals surface area (Å²) in [7, 11) is 0. The first-order valence-corrected chi connectivity index (χ1v) is 9.79. The highest BCUT2D eigenvalue weighted by molar-refractivity contribution is 7.16. The lowest BCUT2D eigenvalue weighted by Gasteiger charge is -2.06. The number of carbonyl (C=O) groups excluding carboxylic acids is 1.